The zero-order valence-corrected chi connectivity index (χ0v) is 11.7. The zero-order valence-electron chi connectivity index (χ0n) is 11.7. The number of likely N-dealkylation sites (tertiary alicyclic amines) is 1. The fraction of sp³-hybridized carbons (Fsp3) is 1.00. The Morgan fingerprint density at radius 3 is 2.06 bits per heavy atom. The highest BCUT2D eigenvalue weighted by Crippen LogP contribution is 2.26. The maximum absolute atomic E-state index is 10.1. The number of piperidine rings is 1. The van der Waals surface area contributed by atoms with Crippen molar-refractivity contribution in [3.05, 3.63) is 0 Å². The van der Waals surface area contributed by atoms with Crippen molar-refractivity contribution in [2.75, 3.05) is 19.6 Å². The first-order valence-electron chi connectivity index (χ1n) is 6.71. The number of β-amino-alcohol motifs (C(OH)–C–C–N with tert-alkyl or cyclic N) is 1. The second kappa shape index (κ2) is 5.50. The lowest BCUT2D eigenvalue weighted by atomic mass is 9.85. The van der Waals surface area contributed by atoms with Gasteiger partial charge in [0.1, 0.15) is 0 Å². The molecule has 0 aromatic carbocycles. The first-order chi connectivity index (χ1) is 7.30. The minimum Gasteiger partial charge on any atom is -0.391 e. The summed E-state index contributed by atoms with van der Waals surface area (Å²) in [4.78, 5) is 2.43. The standard InChI is InChI=1S/C14H29NO/c1-11(2)12-6-8-15(9-7-12)10-13(16)14(3,4)5/h11-13,16H,6-10H2,1-5H3. The van der Waals surface area contributed by atoms with Crippen molar-refractivity contribution >= 4 is 0 Å². The lowest BCUT2D eigenvalue weighted by molar-refractivity contribution is 0.0164. The fourth-order valence-corrected chi connectivity index (χ4v) is 2.32. The predicted molar refractivity (Wildman–Crippen MR) is 69.5 cm³/mol. The van der Waals surface area contributed by atoms with Crippen LogP contribution in [0.4, 0.5) is 0 Å². The molecule has 1 heterocycles. The maximum Gasteiger partial charge on any atom is 0.0715 e. The molecule has 0 aromatic heterocycles. The minimum atomic E-state index is -0.205. The third-order valence-corrected chi connectivity index (χ3v) is 4.01. The van der Waals surface area contributed by atoms with Crippen LogP contribution in [0, 0.1) is 17.3 Å². The van der Waals surface area contributed by atoms with E-state index in [1.54, 1.807) is 0 Å². The molecule has 1 N–H and O–H groups in total. The Hall–Kier alpha value is -0.0800. The van der Waals surface area contributed by atoms with E-state index in [0.29, 0.717) is 0 Å². The van der Waals surface area contributed by atoms with Crippen LogP contribution in [0.5, 0.6) is 0 Å². The Morgan fingerprint density at radius 2 is 1.69 bits per heavy atom. The minimum absolute atomic E-state index is 0.00883. The molecule has 16 heavy (non-hydrogen) atoms. The van der Waals surface area contributed by atoms with E-state index in [9.17, 15) is 5.11 Å². The molecule has 0 aliphatic carbocycles. The molecule has 2 heteroatoms. The Morgan fingerprint density at radius 1 is 1.19 bits per heavy atom. The molecule has 1 aliphatic rings. The second-order valence-corrected chi connectivity index (χ2v) is 6.76. The molecule has 1 rings (SSSR count). The van der Waals surface area contributed by atoms with Crippen LogP contribution >= 0.6 is 0 Å². The average molecular weight is 227 g/mol. The van der Waals surface area contributed by atoms with Gasteiger partial charge in [0.25, 0.3) is 0 Å². The molecular formula is C14H29NO. The summed E-state index contributed by atoms with van der Waals surface area (Å²) in [5, 5.41) is 10.1. The van der Waals surface area contributed by atoms with Gasteiger partial charge in [0.15, 0.2) is 0 Å². The Balaban J connectivity index is 2.32. The van der Waals surface area contributed by atoms with E-state index in [2.05, 4.69) is 39.5 Å². The number of aliphatic hydroxyl groups is 1. The van der Waals surface area contributed by atoms with Crippen molar-refractivity contribution in [3.8, 4) is 0 Å². The van der Waals surface area contributed by atoms with E-state index in [1.807, 2.05) is 0 Å². The quantitative estimate of drug-likeness (QED) is 0.801. The van der Waals surface area contributed by atoms with Gasteiger partial charge in [-0.3, -0.25) is 0 Å². The van der Waals surface area contributed by atoms with Gasteiger partial charge in [0, 0.05) is 6.54 Å². The highest BCUT2D eigenvalue weighted by Gasteiger charge is 2.27. The van der Waals surface area contributed by atoms with E-state index in [-0.39, 0.29) is 11.5 Å². The summed E-state index contributed by atoms with van der Waals surface area (Å²) >= 11 is 0. The summed E-state index contributed by atoms with van der Waals surface area (Å²) in [5.41, 5.74) is 0.00883. The van der Waals surface area contributed by atoms with E-state index in [0.717, 1.165) is 31.5 Å². The summed E-state index contributed by atoms with van der Waals surface area (Å²) < 4.78 is 0. The molecule has 1 atom stereocenters. The van der Waals surface area contributed by atoms with Crippen LogP contribution in [-0.2, 0) is 0 Å². The molecular weight excluding hydrogens is 198 g/mol. The van der Waals surface area contributed by atoms with Crippen molar-refractivity contribution < 1.29 is 5.11 Å². The lowest BCUT2D eigenvalue weighted by Crippen LogP contribution is -2.43. The predicted octanol–water partition coefficient (Wildman–Crippen LogP) is 2.76. The van der Waals surface area contributed by atoms with Gasteiger partial charge in [-0.2, -0.15) is 0 Å². The lowest BCUT2D eigenvalue weighted by Gasteiger charge is -2.37. The highest BCUT2D eigenvalue weighted by molar-refractivity contribution is 4.80. The van der Waals surface area contributed by atoms with Crippen molar-refractivity contribution in [2.45, 2.75) is 53.6 Å². The molecule has 0 bridgehead atoms. The highest BCUT2D eigenvalue weighted by atomic mass is 16.3. The Labute approximate surface area is 101 Å². The molecule has 2 nitrogen and oxygen atoms in total. The van der Waals surface area contributed by atoms with Gasteiger partial charge in [-0.05, 0) is 43.2 Å². The van der Waals surface area contributed by atoms with Crippen molar-refractivity contribution in [1.82, 2.24) is 4.90 Å². The fourth-order valence-electron chi connectivity index (χ4n) is 2.32. The van der Waals surface area contributed by atoms with Crippen LogP contribution < -0.4 is 0 Å². The largest absolute Gasteiger partial charge is 0.391 e. The SMILES string of the molecule is CC(C)C1CCN(CC(O)C(C)(C)C)CC1. The van der Waals surface area contributed by atoms with Crippen molar-refractivity contribution in [1.29, 1.82) is 0 Å². The summed E-state index contributed by atoms with van der Waals surface area (Å²) in [7, 11) is 0. The van der Waals surface area contributed by atoms with E-state index >= 15 is 0 Å². The van der Waals surface area contributed by atoms with Crippen molar-refractivity contribution in [2.24, 2.45) is 17.3 Å². The van der Waals surface area contributed by atoms with Crippen LogP contribution in [0.3, 0.4) is 0 Å². The first-order valence-corrected chi connectivity index (χ1v) is 6.71. The van der Waals surface area contributed by atoms with Crippen LogP contribution in [0.2, 0.25) is 0 Å². The maximum atomic E-state index is 10.1. The van der Waals surface area contributed by atoms with Gasteiger partial charge >= 0.3 is 0 Å². The molecule has 96 valence electrons. The third kappa shape index (κ3) is 4.06. The van der Waals surface area contributed by atoms with Gasteiger partial charge in [0.2, 0.25) is 0 Å². The summed E-state index contributed by atoms with van der Waals surface area (Å²) in [6.45, 7) is 14.1. The number of nitrogens with zero attached hydrogens (tertiary/aromatic N) is 1. The van der Waals surface area contributed by atoms with Gasteiger partial charge < -0.3 is 10.0 Å². The Kier molecular flexibility index (Phi) is 4.81. The molecule has 0 spiro atoms. The van der Waals surface area contributed by atoms with Crippen molar-refractivity contribution in [3.63, 3.8) is 0 Å². The second-order valence-electron chi connectivity index (χ2n) is 6.76. The van der Waals surface area contributed by atoms with Crippen LogP contribution in [-0.4, -0.2) is 35.7 Å². The molecule has 1 aliphatic heterocycles. The van der Waals surface area contributed by atoms with Crippen LogP contribution in [0.15, 0.2) is 0 Å². The molecule has 1 fully saturated rings. The molecule has 0 aromatic rings. The van der Waals surface area contributed by atoms with Crippen LogP contribution in [0.1, 0.15) is 47.5 Å². The van der Waals surface area contributed by atoms with Gasteiger partial charge in [-0.25, -0.2) is 0 Å². The summed E-state index contributed by atoms with van der Waals surface area (Å²) in [5.74, 6) is 1.71. The first kappa shape index (κ1) is 14.0. The number of hydrogen-bond acceptors (Lipinski definition) is 2. The van der Waals surface area contributed by atoms with E-state index in [4.69, 9.17) is 0 Å². The number of aliphatic hydroxyl groups excluding tert-OH is 1. The summed E-state index contributed by atoms with van der Waals surface area (Å²) in [6.07, 6.45) is 2.39. The van der Waals surface area contributed by atoms with Crippen LogP contribution in [0.25, 0.3) is 0 Å². The molecule has 0 saturated carbocycles. The average Bonchev–Trinajstić information content (AvgIpc) is 2.17. The summed E-state index contributed by atoms with van der Waals surface area (Å²) in [6, 6.07) is 0. The number of hydrogen-bond donors (Lipinski definition) is 1. The molecule has 0 radical (unpaired) electrons. The molecule has 1 unspecified atom stereocenters. The topological polar surface area (TPSA) is 23.5 Å². The molecule has 0 amide bonds. The Bertz CT molecular complexity index is 199. The van der Waals surface area contributed by atoms with E-state index < -0.39 is 0 Å². The monoisotopic (exact) mass is 227 g/mol. The normalized spacial score (nSPS) is 22.7. The smallest absolute Gasteiger partial charge is 0.0715 e. The van der Waals surface area contributed by atoms with Gasteiger partial charge in [-0.1, -0.05) is 34.6 Å². The van der Waals surface area contributed by atoms with Gasteiger partial charge in [0.05, 0.1) is 6.10 Å². The zero-order chi connectivity index (χ0) is 12.3. The number of rotatable bonds is 3. The van der Waals surface area contributed by atoms with Gasteiger partial charge in [-0.15, -0.1) is 0 Å². The third-order valence-electron chi connectivity index (χ3n) is 4.01. The van der Waals surface area contributed by atoms with E-state index in [1.165, 1.54) is 12.8 Å². The molecule has 1 saturated heterocycles.